The fourth-order valence-electron chi connectivity index (χ4n) is 0.439. The second kappa shape index (κ2) is 3.72. The summed E-state index contributed by atoms with van der Waals surface area (Å²) in [5.41, 5.74) is 0. The van der Waals surface area contributed by atoms with Crippen molar-refractivity contribution in [3.05, 3.63) is 0 Å². The maximum Gasteiger partial charge on any atom is 0.291 e. The zero-order valence-electron chi connectivity index (χ0n) is 5.51. The van der Waals surface area contributed by atoms with Gasteiger partial charge in [0, 0.05) is 0 Å². The lowest BCUT2D eigenvalue weighted by Crippen LogP contribution is -2.48. The van der Waals surface area contributed by atoms with E-state index in [2.05, 4.69) is 0 Å². The molecule has 0 bridgehead atoms. The molecule has 11 heavy (non-hydrogen) atoms. The molecule has 0 aliphatic heterocycles. The molecule has 0 aromatic carbocycles. The molecule has 0 rings (SSSR count). The number of hydrogen-bond acceptors (Lipinski definition) is 5. The van der Waals surface area contributed by atoms with Gasteiger partial charge >= 0.3 is 0 Å². The van der Waals surface area contributed by atoms with Gasteiger partial charge in [-0.25, -0.2) is 4.39 Å². The summed E-state index contributed by atoms with van der Waals surface area (Å²) in [5, 5.41) is 33.6. The first-order valence-corrected chi connectivity index (χ1v) is 2.80. The third kappa shape index (κ3) is 2.51. The lowest BCUT2D eigenvalue weighted by Gasteiger charge is -2.22. The van der Waals surface area contributed by atoms with Crippen LogP contribution in [-0.4, -0.2) is 51.4 Å². The summed E-state index contributed by atoms with van der Waals surface area (Å²) in [6.45, 7) is -0.943. The SMILES string of the molecule is O=C[C@](O)(F)C(O)C(O)CO. The third-order valence-corrected chi connectivity index (χ3v) is 1.13. The van der Waals surface area contributed by atoms with Gasteiger partial charge < -0.3 is 20.4 Å². The van der Waals surface area contributed by atoms with E-state index in [1.807, 2.05) is 0 Å². The molecule has 5 nitrogen and oxygen atoms in total. The van der Waals surface area contributed by atoms with Gasteiger partial charge in [-0.15, -0.1) is 0 Å². The minimum Gasteiger partial charge on any atom is -0.394 e. The Hall–Kier alpha value is -0.560. The van der Waals surface area contributed by atoms with Gasteiger partial charge in [-0.2, -0.15) is 0 Å². The highest BCUT2D eigenvalue weighted by atomic mass is 19.2. The van der Waals surface area contributed by atoms with Crippen LogP contribution in [0.4, 0.5) is 4.39 Å². The number of alkyl halides is 1. The minimum absolute atomic E-state index is 0.559. The molecular weight excluding hydrogens is 159 g/mol. The monoisotopic (exact) mass is 168 g/mol. The van der Waals surface area contributed by atoms with Gasteiger partial charge in [0.25, 0.3) is 5.85 Å². The first-order valence-electron chi connectivity index (χ1n) is 2.80. The molecule has 0 saturated carbocycles. The fraction of sp³-hybridized carbons (Fsp3) is 0.800. The van der Waals surface area contributed by atoms with Gasteiger partial charge in [0.05, 0.1) is 6.61 Å². The van der Waals surface area contributed by atoms with E-state index in [9.17, 15) is 9.18 Å². The van der Waals surface area contributed by atoms with Crippen molar-refractivity contribution in [1.82, 2.24) is 0 Å². The number of aldehydes is 1. The van der Waals surface area contributed by atoms with Crippen LogP contribution in [0.1, 0.15) is 0 Å². The number of carbonyl (C=O) groups is 1. The lowest BCUT2D eigenvalue weighted by atomic mass is 10.1. The van der Waals surface area contributed by atoms with Crippen LogP contribution < -0.4 is 0 Å². The number of aliphatic hydroxyl groups is 4. The molecule has 66 valence electrons. The molecule has 0 aliphatic carbocycles. The Morgan fingerprint density at radius 1 is 1.55 bits per heavy atom. The second-order valence-corrected chi connectivity index (χ2v) is 2.04. The van der Waals surface area contributed by atoms with Crippen LogP contribution in [0, 0.1) is 0 Å². The first kappa shape index (κ1) is 10.4. The predicted molar refractivity (Wildman–Crippen MR) is 31.2 cm³/mol. The van der Waals surface area contributed by atoms with E-state index in [0.29, 0.717) is 0 Å². The smallest absolute Gasteiger partial charge is 0.291 e. The van der Waals surface area contributed by atoms with Gasteiger partial charge in [-0.1, -0.05) is 0 Å². The Kier molecular flexibility index (Phi) is 3.53. The molecule has 0 aromatic heterocycles. The maximum atomic E-state index is 12.3. The zero-order valence-corrected chi connectivity index (χ0v) is 5.51. The summed E-state index contributed by atoms with van der Waals surface area (Å²) in [6, 6.07) is 0. The summed E-state index contributed by atoms with van der Waals surface area (Å²) in [7, 11) is 0. The maximum absolute atomic E-state index is 12.3. The normalized spacial score (nSPS) is 21.9. The van der Waals surface area contributed by atoms with E-state index < -0.39 is 31.0 Å². The Morgan fingerprint density at radius 3 is 2.27 bits per heavy atom. The highest BCUT2D eigenvalue weighted by Crippen LogP contribution is 2.12. The van der Waals surface area contributed by atoms with Gasteiger partial charge in [-0.3, -0.25) is 4.79 Å². The van der Waals surface area contributed by atoms with Crippen LogP contribution in [0.2, 0.25) is 0 Å². The number of hydrogen-bond donors (Lipinski definition) is 4. The van der Waals surface area contributed by atoms with Crippen molar-refractivity contribution >= 4 is 6.29 Å². The topological polar surface area (TPSA) is 98.0 Å². The van der Waals surface area contributed by atoms with Crippen LogP contribution in [0.25, 0.3) is 0 Å². The van der Waals surface area contributed by atoms with Crippen LogP contribution in [-0.2, 0) is 4.79 Å². The highest BCUT2D eigenvalue weighted by molar-refractivity contribution is 5.60. The van der Waals surface area contributed by atoms with E-state index in [-0.39, 0.29) is 0 Å². The third-order valence-electron chi connectivity index (χ3n) is 1.13. The second-order valence-electron chi connectivity index (χ2n) is 2.04. The van der Waals surface area contributed by atoms with E-state index in [4.69, 9.17) is 20.4 Å². The molecule has 6 heteroatoms. The standard InChI is InChI=1S/C5H9FO5/c6-5(11,2-8)4(10)3(9)1-7/h2-4,7,9-11H,1H2/t3?,4?,5-/m1/s1. The highest BCUT2D eigenvalue weighted by Gasteiger charge is 2.39. The molecule has 0 saturated heterocycles. The van der Waals surface area contributed by atoms with Crippen molar-refractivity contribution < 1.29 is 29.6 Å². The number of aliphatic hydroxyl groups excluding tert-OH is 3. The molecule has 0 heterocycles. The average Bonchev–Trinajstić information content (AvgIpc) is 2.01. The quantitative estimate of drug-likeness (QED) is 0.349. The minimum atomic E-state index is -3.51. The molecule has 0 amide bonds. The molecule has 0 spiro atoms. The summed E-state index contributed by atoms with van der Waals surface area (Å²) in [6.07, 6.45) is -4.77. The Labute approximate surface area is 61.7 Å². The Balaban J connectivity index is 4.21. The molecule has 0 radical (unpaired) electrons. The molecule has 3 atom stereocenters. The summed E-state index contributed by atoms with van der Waals surface area (Å²) < 4.78 is 12.3. The molecular formula is C5H9FO5. The molecule has 2 unspecified atom stereocenters. The largest absolute Gasteiger partial charge is 0.394 e. The van der Waals surface area contributed by atoms with Crippen molar-refractivity contribution in [1.29, 1.82) is 0 Å². The van der Waals surface area contributed by atoms with Gasteiger partial charge in [0.15, 0.2) is 6.29 Å². The van der Waals surface area contributed by atoms with Crippen molar-refractivity contribution in [3.63, 3.8) is 0 Å². The summed E-state index contributed by atoms with van der Waals surface area (Å²) >= 11 is 0. The van der Waals surface area contributed by atoms with Crippen LogP contribution >= 0.6 is 0 Å². The van der Waals surface area contributed by atoms with Crippen molar-refractivity contribution in [3.8, 4) is 0 Å². The molecule has 0 aliphatic rings. The number of carbonyl (C=O) groups excluding carboxylic acids is 1. The summed E-state index contributed by atoms with van der Waals surface area (Å²) in [4.78, 5) is 9.71. The Morgan fingerprint density at radius 2 is 2.00 bits per heavy atom. The van der Waals surface area contributed by atoms with Gasteiger partial charge in [-0.05, 0) is 0 Å². The summed E-state index contributed by atoms with van der Waals surface area (Å²) in [5.74, 6) is -3.51. The molecule has 4 N–H and O–H groups in total. The van der Waals surface area contributed by atoms with Crippen LogP contribution in [0.5, 0.6) is 0 Å². The lowest BCUT2D eigenvalue weighted by molar-refractivity contribution is -0.195. The average molecular weight is 168 g/mol. The van der Waals surface area contributed by atoms with Gasteiger partial charge in [0.1, 0.15) is 12.2 Å². The van der Waals surface area contributed by atoms with Crippen LogP contribution in [0.3, 0.4) is 0 Å². The van der Waals surface area contributed by atoms with Crippen LogP contribution in [0.15, 0.2) is 0 Å². The van der Waals surface area contributed by atoms with E-state index >= 15 is 0 Å². The predicted octanol–water partition coefficient (Wildman–Crippen LogP) is -2.44. The Bertz CT molecular complexity index is 137. The molecule has 0 aromatic rings. The van der Waals surface area contributed by atoms with Crippen molar-refractivity contribution in [2.75, 3.05) is 6.61 Å². The van der Waals surface area contributed by atoms with Gasteiger partial charge in [0.2, 0.25) is 0 Å². The van der Waals surface area contributed by atoms with E-state index in [0.717, 1.165) is 0 Å². The molecule has 0 fully saturated rings. The first-order chi connectivity index (χ1) is 4.95. The number of rotatable bonds is 4. The van der Waals surface area contributed by atoms with E-state index in [1.54, 1.807) is 0 Å². The fourth-order valence-corrected chi connectivity index (χ4v) is 0.439. The van der Waals surface area contributed by atoms with Crippen molar-refractivity contribution in [2.24, 2.45) is 0 Å². The number of halogens is 1. The van der Waals surface area contributed by atoms with Crippen molar-refractivity contribution in [2.45, 2.75) is 18.1 Å². The zero-order chi connectivity index (χ0) is 9.07. The van der Waals surface area contributed by atoms with E-state index in [1.165, 1.54) is 0 Å².